The number of aryl methyl sites for hydroxylation is 1. The summed E-state index contributed by atoms with van der Waals surface area (Å²) >= 11 is 0. The van der Waals surface area contributed by atoms with Crippen LogP contribution in [0.5, 0.6) is 5.75 Å². The molecule has 1 unspecified atom stereocenters. The third-order valence-corrected chi connectivity index (χ3v) is 3.04. The molecule has 2 N–H and O–H groups in total. The first-order valence-corrected chi connectivity index (χ1v) is 5.93. The zero-order valence-corrected chi connectivity index (χ0v) is 10.7. The Morgan fingerprint density at radius 1 is 1.32 bits per heavy atom. The lowest BCUT2D eigenvalue weighted by atomic mass is 9.98. The molecule has 0 aliphatic rings. The third kappa shape index (κ3) is 2.46. The number of furan rings is 1. The SMILES string of the molecule is CCc1occc1C(N)c1c(F)cc(OC)cc1F. The maximum atomic E-state index is 13.9. The van der Waals surface area contributed by atoms with Crippen LogP contribution >= 0.6 is 0 Å². The van der Waals surface area contributed by atoms with Crippen LogP contribution in [0.15, 0.2) is 28.9 Å². The van der Waals surface area contributed by atoms with E-state index in [1.807, 2.05) is 6.92 Å². The van der Waals surface area contributed by atoms with E-state index in [1.165, 1.54) is 13.4 Å². The Labute approximate surface area is 110 Å². The van der Waals surface area contributed by atoms with Gasteiger partial charge < -0.3 is 14.9 Å². The van der Waals surface area contributed by atoms with Gasteiger partial charge in [-0.25, -0.2) is 8.78 Å². The van der Waals surface area contributed by atoms with Crippen molar-refractivity contribution in [3.05, 3.63) is 53.0 Å². The molecule has 19 heavy (non-hydrogen) atoms. The minimum atomic E-state index is -0.903. The van der Waals surface area contributed by atoms with Crippen LogP contribution in [0, 0.1) is 11.6 Å². The van der Waals surface area contributed by atoms with Crippen molar-refractivity contribution in [1.82, 2.24) is 0 Å². The number of methoxy groups -OCH3 is 1. The first-order chi connectivity index (χ1) is 9.08. The number of ether oxygens (including phenoxy) is 1. The Balaban J connectivity index is 2.47. The summed E-state index contributed by atoms with van der Waals surface area (Å²) in [4.78, 5) is 0. The lowest BCUT2D eigenvalue weighted by Crippen LogP contribution is -2.16. The summed E-state index contributed by atoms with van der Waals surface area (Å²) in [6.45, 7) is 1.88. The van der Waals surface area contributed by atoms with Crippen LogP contribution in [-0.4, -0.2) is 7.11 Å². The highest BCUT2D eigenvalue weighted by Crippen LogP contribution is 2.30. The number of hydrogen-bond acceptors (Lipinski definition) is 3. The average Bonchev–Trinajstić information content (AvgIpc) is 2.85. The molecule has 0 spiro atoms. The zero-order chi connectivity index (χ0) is 14.0. The molecule has 0 aliphatic carbocycles. The third-order valence-electron chi connectivity index (χ3n) is 3.04. The second-order valence-corrected chi connectivity index (χ2v) is 4.14. The monoisotopic (exact) mass is 267 g/mol. The van der Waals surface area contributed by atoms with Crippen molar-refractivity contribution in [1.29, 1.82) is 0 Å². The van der Waals surface area contributed by atoms with E-state index >= 15 is 0 Å². The van der Waals surface area contributed by atoms with Crippen LogP contribution < -0.4 is 10.5 Å². The summed E-state index contributed by atoms with van der Waals surface area (Å²) in [6, 6.07) is 2.96. The van der Waals surface area contributed by atoms with Crippen molar-refractivity contribution in [2.24, 2.45) is 5.73 Å². The van der Waals surface area contributed by atoms with Gasteiger partial charge in [0.2, 0.25) is 0 Å². The molecular formula is C14H15F2NO2. The van der Waals surface area contributed by atoms with Gasteiger partial charge in [-0.1, -0.05) is 6.92 Å². The van der Waals surface area contributed by atoms with Crippen LogP contribution in [-0.2, 0) is 6.42 Å². The Bertz CT molecular complexity index is 558. The number of nitrogens with two attached hydrogens (primary N) is 1. The molecule has 2 rings (SSSR count). The van der Waals surface area contributed by atoms with Crippen molar-refractivity contribution >= 4 is 0 Å². The van der Waals surface area contributed by atoms with Crippen LogP contribution in [0.4, 0.5) is 8.78 Å². The van der Waals surface area contributed by atoms with Crippen molar-refractivity contribution in [2.45, 2.75) is 19.4 Å². The number of benzene rings is 1. The molecule has 0 saturated carbocycles. The van der Waals surface area contributed by atoms with E-state index in [0.29, 0.717) is 17.7 Å². The van der Waals surface area contributed by atoms with E-state index in [4.69, 9.17) is 14.9 Å². The molecule has 3 nitrogen and oxygen atoms in total. The van der Waals surface area contributed by atoms with Gasteiger partial charge in [-0.2, -0.15) is 0 Å². The summed E-state index contributed by atoms with van der Waals surface area (Å²) in [5, 5.41) is 0. The fourth-order valence-corrected chi connectivity index (χ4v) is 2.05. The van der Waals surface area contributed by atoms with E-state index in [9.17, 15) is 8.78 Å². The number of halogens is 2. The fraction of sp³-hybridized carbons (Fsp3) is 0.286. The molecule has 5 heteroatoms. The van der Waals surface area contributed by atoms with Gasteiger partial charge in [0, 0.05) is 29.7 Å². The van der Waals surface area contributed by atoms with Crippen molar-refractivity contribution < 1.29 is 17.9 Å². The van der Waals surface area contributed by atoms with Gasteiger partial charge in [-0.05, 0) is 6.07 Å². The van der Waals surface area contributed by atoms with Crippen LogP contribution in [0.25, 0.3) is 0 Å². The molecule has 0 fully saturated rings. The second kappa shape index (κ2) is 5.40. The highest BCUT2D eigenvalue weighted by atomic mass is 19.1. The standard InChI is InChI=1S/C14H15F2NO2/c1-3-12-9(4-5-19-12)14(17)13-10(15)6-8(18-2)7-11(13)16/h4-7,14H,3,17H2,1-2H3. The Hall–Kier alpha value is -1.88. The zero-order valence-electron chi connectivity index (χ0n) is 10.7. The van der Waals surface area contributed by atoms with E-state index in [0.717, 1.165) is 12.1 Å². The van der Waals surface area contributed by atoms with Crippen LogP contribution in [0.3, 0.4) is 0 Å². The van der Waals surface area contributed by atoms with Crippen LogP contribution in [0.2, 0.25) is 0 Å². The maximum Gasteiger partial charge on any atom is 0.134 e. The Morgan fingerprint density at radius 3 is 2.47 bits per heavy atom. The quantitative estimate of drug-likeness (QED) is 0.925. The Morgan fingerprint density at radius 2 is 1.95 bits per heavy atom. The largest absolute Gasteiger partial charge is 0.497 e. The van der Waals surface area contributed by atoms with Gasteiger partial charge >= 0.3 is 0 Å². The molecule has 0 amide bonds. The first-order valence-electron chi connectivity index (χ1n) is 5.93. The molecule has 0 radical (unpaired) electrons. The normalized spacial score (nSPS) is 12.5. The topological polar surface area (TPSA) is 48.4 Å². The van der Waals surface area contributed by atoms with Crippen molar-refractivity contribution in [3.63, 3.8) is 0 Å². The van der Waals surface area contributed by atoms with Gasteiger partial charge in [0.25, 0.3) is 0 Å². The molecule has 1 heterocycles. The predicted octanol–water partition coefficient (Wildman–Crippen LogP) is 3.18. The summed E-state index contributed by atoms with van der Waals surface area (Å²) in [6.07, 6.45) is 2.07. The fourth-order valence-electron chi connectivity index (χ4n) is 2.05. The van der Waals surface area contributed by atoms with E-state index in [-0.39, 0.29) is 11.3 Å². The number of rotatable bonds is 4. The van der Waals surface area contributed by atoms with Crippen molar-refractivity contribution in [2.75, 3.05) is 7.11 Å². The predicted molar refractivity (Wildman–Crippen MR) is 67.0 cm³/mol. The second-order valence-electron chi connectivity index (χ2n) is 4.14. The molecule has 2 aromatic rings. The van der Waals surface area contributed by atoms with E-state index in [2.05, 4.69) is 0 Å². The van der Waals surface area contributed by atoms with Gasteiger partial charge in [0.05, 0.1) is 19.4 Å². The highest BCUT2D eigenvalue weighted by Gasteiger charge is 2.23. The van der Waals surface area contributed by atoms with E-state index < -0.39 is 17.7 Å². The maximum absolute atomic E-state index is 13.9. The van der Waals surface area contributed by atoms with Gasteiger partial charge in [-0.15, -0.1) is 0 Å². The first kappa shape index (κ1) is 13.5. The molecule has 1 aromatic carbocycles. The lowest BCUT2D eigenvalue weighted by Gasteiger charge is -2.15. The molecule has 0 bridgehead atoms. The molecule has 0 saturated heterocycles. The van der Waals surface area contributed by atoms with Gasteiger partial charge in [-0.3, -0.25) is 0 Å². The molecule has 1 aromatic heterocycles. The van der Waals surface area contributed by atoms with Gasteiger partial charge in [0.15, 0.2) is 0 Å². The Kier molecular flexibility index (Phi) is 3.85. The molecular weight excluding hydrogens is 252 g/mol. The highest BCUT2D eigenvalue weighted by molar-refractivity contribution is 5.38. The van der Waals surface area contributed by atoms with E-state index in [1.54, 1.807) is 6.07 Å². The molecule has 0 aliphatic heterocycles. The molecule has 102 valence electrons. The van der Waals surface area contributed by atoms with Gasteiger partial charge in [0.1, 0.15) is 23.1 Å². The number of hydrogen-bond donors (Lipinski definition) is 1. The summed E-state index contributed by atoms with van der Waals surface area (Å²) in [5.74, 6) is -0.712. The summed E-state index contributed by atoms with van der Waals surface area (Å²) in [5.41, 5.74) is 6.35. The van der Waals surface area contributed by atoms with Crippen LogP contribution in [0.1, 0.15) is 29.9 Å². The van der Waals surface area contributed by atoms with Crippen molar-refractivity contribution in [3.8, 4) is 5.75 Å². The summed E-state index contributed by atoms with van der Waals surface area (Å²) in [7, 11) is 1.35. The minimum Gasteiger partial charge on any atom is -0.497 e. The lowest BCUT2D eigenvalue weighted by molar-refractivity contribution is 0.404. The molecule has 1 atom stereocenters. The summed E-state index contributed by atoms with van der Waals surface area (Å²) < 4.78 is 37.9. The average molecular weight is 267 g/mol. The smallest absolute Gasteiger partial charge is 0.134 e. The minimum absolute atomic E-state index is 0.119.